The Labute approximate surface area is 94.0 Å². The van der Waals surface area contributed by atoms with E-state index >= 15 is 0 Å². The van der Waals surface area contributed by atoms with Crippen LogP contribution >= 0.6 is 23.2 Å². The molecule has 1 aromatic heterocycles. The highest BCUT2D eigenvalue weighted by Gasteiger charge is 2.35. The van der Waals surface area contributed by atoms with Crippen LogP contribution in [0.25, 0.3) is 0 Å². The van der Waals surface area contributed by atoms with Gasteiger partial charge in [-0.3, -0.25) is 0 Å². The van der Waals surface area contributed by atoms with Gasteiger partial charge in [0, 0.05) is 0 Å². The number of nitrogens with zero attached hydrogens (tertiary/aromatic N) is 1. The van der Waals surface area contributed by atoms with Crippen molar-refractivity contribution in [1.29, 1.82) is 0 Å². The SMILES string of the molecule is CCOc1nc(Cl)c(C(F)(F)F)cc1Cl. The fourth-order valence-corrected chi connectivity index (χ4v) is 1.33. The van der Waals surface area contributed by atoms with Crippen molar-refractivity contribution in [3.05, 3.63) is 21.8 Å². The third-order valence-corrected chi connectivity index (χ3v) is 2.04. The molecule has 15 heavy (non-hydrogen) atoms. The number of hydrogen-bond donors (Lipinski definition) is 0. The van der Waals surface area contributed by atoms with E-state index in [1.54, 1.807) is 6.92 Å². The van der Waals surface area contributed by atoms with Crippen molar-refractivity contribution < 1.29 is 17.9 Å². The Balaban J connectivity index is 3.20. The second kappa shape index (κ2) is 4.45. The highest BCUT2D eigenvalue weighted by atomic mass is 35.5. The van der Waals surface area contributed by atoms with Gasteiger partial charge in [-0.1, -0.05) is 23.2 Å². The lowest BCUT2D eigenvalue weighted by Gasteiger charge is -2.11. The molecule has 0 saturated heterocycles. The van der Waals surface area contributed by atoms with E-state index in [0.717, 1.165) is 0 Å². The molecular formula is C8H6Cl2F3NO. The van der Waals surface area contributed by atoms with Crippen molar-refractivity contribution >= 4 is 23.2 Å². The van der Waals surface area contributed by atoms with E-state index < -0.39 is 16.9 Å². The molecule has 0 radical (unpaired) electrons. The number of alkyl halides is 3. The van der Waals surface area contributed by atoms with Crippen molar-refractivity contribution in [2.24, 2.45) is 0 Å². The highest BCUT2D eigenvalue weighted by Crippen LogP contribution is 2.37. The Bertz CT molecular complexity index is 368. The van der Waals surface area contributed by atoms with E-state index in [-0.39, 0.29) is 17.5 Å². The van der Waals surface area contributed by atoms with Crippen LogP contribution in [0.1, 0.15) is 12.5 Å². The minimum Gasteiger partial charge on any atom is -0.477 e. The first-order valence-electron chi connectivity index (χ1n) is 3.92. The van der Waals surface area contributed by atoms with E-state index in [1.165, 1.54) is 0 Å². The second-order valence-electron chi connectivity index (χ2n) is 2.54. The summed E-state index contributed by atoms with van der Waals surface area (Å²) in [5.74, 6) is -0.0998. The largest absolute Gasteiger partial charge is 0.477 e. The summed E-state index contributed by atoms with van der Waals surface area (Å²) in [4.78, 5) is 3.42. The van der Waals surface area contributed by atoms with Crippen molar-refractivity contribution in [2.75, 3.05) is 6.61 Å². The smallest absolute Gasteiger partial charge is 0.419 e. The molecule has 0 amide bonds. The van der Waals surface area contributed by atoms with Crippen LogP contribution in [-0.4, -0.2) is 11.6 Å². The summed E-state index contributed by atoms with van der Waals surface area (Å²) in [5.41, 5.74) is -1.07. The molecule has 2 nitrogen and oxygen atoms in total. The molecule has 1 rings (SSSR count). The van der Waals surface area contributed by atoms with Crippen molar-refractivity contribution in [3.8, 4) is 5.88 Å². The van der Waals surface area contributed by atoms with Crippen molar-refractivity contribution in [3.63, 3.8) is 0 Å². The number of halogens is 5. The molecule has 0 bridgehead atoms. The molecule has 84 valence electrons. The van der Waals surface area contributed by atoms with Gasteiger partial charge in [0.1, 0.15) is 10.2 Å². The number of aromatic nitrogens is 1. The number of hydrogen-bond acceptors (Lipinski definition) is 2. The molecule has 0 aromatic carbocycles. The lowest BCUT2D eigenvalue weighted by Crippen LogP contribution is -2.08. The van der Waals surface area contributed by atoms with E-state index in [4.69, 9.17) is 27.9 Å². The number of rotatable bonds is 2. The van der Waals surface area contributed by atoms with Gasteiger partial charge in [-0.2, -0.15) is 18.2 Å². The Morgan fingerprint density at radius 2 is 2.00 bits per heavy atom. The van der Waals surface area contributed by atoms with Crippen LogP contribution in [0.5, 0.6) is 5.88 Å². The predicted molar refractivity (Wildman–Crippen MR) is 50.4 cm³/mol. The van der Waals surface area contributed by atoms with Gasteiger partial charge in [0.05, 0.1) is 12.2 Å². The minimum atomic E-state index is -4.57. The summed E-state index contributed by atoms with van der Waals surface area (Å²) in [7, 11) is 0. The van der Waals surface area contributed by atoms with Gasteiger partial charge in [0.25, 0.3) is 0 Å². The number of ether oxygens (including phenoxy) is 1. The van der Waals surface area contributed by atoms with Crippen molar-refractivity contribution in [2.45, 2.75) is 13.1 Å². The van der Waals surface area contributed by atoms with Crippen LogP contribution in [0, 0.1) is 0 Å². The molecular weight excluding hydrogens is 254 g/mol. The second-order valence-corrected chi connectivity index (χ2v) is 3.31. The van der Waals surface area contributed by atoms with Gasteiger partial charge in [-0.15, -0.1) is 0 Å². The first kappa shape index (κ1) is 12.4. The van der Waals surface area contributed by atoms with Crippen LogP contribution in [0.2, 0.25) is 10.2 Å². The van der Waals surface area contributed by atoms with E-state index in [1.807, 2.05) is 0 Å². The molecule has 0 N–H and O–H groups in total. The minimum absolute atomic E-state index is 0.0998. The third-order valence-electron chi connectivity index (χ3n) is 1.48. The Kier molecular flexibility index (Phi) is 3.67. The average Bonchev–Trinajstić information content (AvgIpc) is 2.09. The van der Waals surface area contributed by atoms with Crippen LogP contribution in [0.15, 0.2) is 6.07 Å². The van der Waals surface area contributed by atoms with Gasteiger partial charge in [0.15, 0.2) is 0 Å². The maximum absolute atomic E-state index is 12.3. The molecule has 0 aliphatic rings. The van der Waals surface area contributed by atoms with E-state index in [0.29, 0.717) is 6.07 Å². The first-order valence-corrected chi connectivity index (χ1v) is 4.68. The third kappa shape index (κ3) is 2.89. The van der Waals surface area contributed by atoms with E-state index in [9.17, 15) is 13.2 Å². The zero-order valence-electron chi connectivity index (χ0n) is 7.53. The Hall–Kier alpha value is -0.680. The molecule has 0 spiro atoms. The maximum Gasteiger partial charge on any atom is 0.419 e. The fraction of sp³-hybridized carbons (Fsp3) is 0.375. The standard InChI is InChI=1S/C8H6Cl2F3NO/c1-2-15-7-5(9)3-4(6(10)14-7)8(11,12)13/h3H,2H2,1H3. The average molecular weight is 260 g/mol. The molecule has 0 atom stereocenters. The molecule has 7 heteroatoms. The molecule has 0 fully saturated rings. The molecule has 0 aliphatic carbocycles. The molecule has 0 unspecified atom stereocenters. The van der Waals surface area contributed by atoms with Gasteiger partial charge < -0.3 is 4.74 Å². The zero-order valence-corrected chi connectivity index (χ0v) is 9.04. The lowest BCUT2D eigenvalue weighted by molar-refractivity contribution is -0.137. The number of pyridine rings is 1. The summed E-state index contributed by atoms with van der Waals surface area (Å²) in [5, 5.41) is -0.885. The molecule has 1 aromatic rings. The summed E-state index contributed by atoms with van der Waals surface area (Å²) < 4.78 is 41.9. The van der Waals surface area contributed by atoms with Gasteiger partial charge in [-0.05, 0) is 13.0 Å². The molecule has 1 heterocycles. The normalized spacial score (nSPS) is 11.6. The quantitative estimate of drug-likeness (QED) is 0.754. The van der Waals surface area contributed by atoms with Gasteiger partial charge in [0.2, 0.25) is 5.88 Å². The molecule has 0 saturated carbocycles. The van der Waals surface area contributed by atoms with Crippen LogP contribution in [0.3, 0.4) is 0 Å². The van der Waals surface area contributed by atoms with Gasteiger partial charge in [-0.25, -0.2) is 0 Å². The predicted octanol–water partition coefficient (Wildman–Crippen LogP) is 3.81. The van der Waals surface area contributed by atoms with Crippen LogP contribution in [-0.2, 0) is 6.18 Å². The summed E-state index contributed by atoms with van der Waals surface area (Å²) in [6.07, 6.45) is -4.57. The Morgan fingerprint density at radius 3 is 2.47 bits per heavy atom. The Morgan fingerprint density at radius 1 is 1.40 bits per heavy atom. The maximum atomic E-state index is 12.3. The van der Waals surface area contributed by atoms with E-state index in [2.05, 4.69) is 4.98 Å². The van der Waals surface area contributed by atoms with Crippen molar-refractivity contribution in [1.82, 2.24) is 4.98 Å². The highest BCUT2D eigenvalue weighted by molar-refractivity contribution is 6.33. The summed E-state index contributed by atoms with van der Waals surface area (Å²) in [6.45, 7) is 1.90. The molecule has 0 aliphatic heterocycles. The van der Waals surface area contributed by atoms with Gasteiger partial charge >= 0.3 is 6.18 Å². The van der Waals surface area contributed by atoms with Crippen LogP contribution < -0.4 is 4.74 Å². The first-order chi connectivity index (χ1) is 6.86. The fourth-order valence-electron chi connectivity index (χ4n) is 0.888. The van der Waals surface area contributed by atoms with Crippen LogP contribution in [0.4, 0.5) is 13.2 Å². The lowest BCUT2D eigenvalue weighted by atomic mass is 10.3. The monoisotopic (exact) mass is 259 g/mol. The summed E-state index contributed by atoms with van der Waals surface area (Å²) >= 11 is 10.9. The summed E-state index contributed by atoms with van der Waals surface area (Å²) in [6, 6.07) is 0.696. The topological polar surface area (TPSA) is 22.1 Å². The zero-order chi connectivity index (χ0) is 11.6.